The van der Waals surface area contributed by atoms with Crippen molar-refractivity contribution in [2.75, 3.05) is 20.8 Å². The molecule has 2 aromatic carbocycles. The third kappa shape index (κ3) is 7.01. The summed E-state index contributed by atoms with van der Waals surface area (Å²) >= 11 is 0. The Morgan fingerprint density at radius 1 is 0.906 bits per heavy atom. The minimum absolute atomic E-state index is 0.0321. The van der Waals surface area contributed by atoms with E-state index >= 15 is 0 Å². The topological polar surface area (TPSA) is 137 Å². The molecule has 2 N–H and O–H groups in total. The molecule has 32 heavy (non-hydrogen) atoms. The summed E-state index contributed by atoms with van der Waals surface area (Å²) in [5.41, 5.74) is 0.679. The van der Waals surface area contributed by atoms with Gasteiger partial charge in [-0.05, 0) is 17.7 Å². The van der Waals surface area contributed by atoms with Gasteiger partial charge in [-0.2, -0.15) is 0 Å². The highest BCUT2D eigenvalue weighted by Gasteiger charge is 2.27. The quantitative estimate of drug-likeness (QED) is 0.499. The van der Waals surface area contributed by atoms with E-state index in [4.69, 9.17) is 24.1 Å². The highest BCUT2D eigenvalue weighted by atomic mass is 16.6. The second-order valence-corrected chi connectivity index (χ2v) is 6.44. The number of ether oxygens (including phenoxy) is 4. The molecular formula is C22H23NO9. The van der Waals surface area contributed by atoms with Gasteiger partial charge in [0.2, 0.25) is 0 Å². The smallest absolute Gasteiger partial charge is 0.408 e. The lowest BCUT2D eigenvalue weighted by Gasteiger charge is -2.17. The molecule has 0 saturated heterocycles. The molecule has 170 valence electrons. The van der Waals surface area contributed by atoms with Crippen molar-refractivity contribution in [1.82, 2.24) is 5.32 Å². The van der Waals surface area contributed by atoms with Crippen molar-refractivity contribution in [3.8, 4) is 11.5 Å². The van der Waals surface area contributed by atoms with Crippen LogP contribution in [0.3, 0.4) is 0 Å². The Morgan fingerprint density at radius 3 is 2.09 bits per heavy atom. The van der Waals surface area contributed by atoms with E-state index < -0.39 is 42.9 Å². The van der Waals surface area contributed by atoms with Crippen LogP contribution in [0.1, 0.15) is 22.3 Å². The van der Waals surface area contributed by atoms with Gasteiger partial charge in [-0.1, -0.05) is 36.4 Å². The van der Waals surface area contributed by atoms with Crippen LogP contribution >= 0.6 is 0 Å². The first-order valence-corrected chi connectivity index (χ1v) is 9.45. The van der Waals surface area contributed by atoms with E-state index in [9.17, 15) is 19.2 Å². The molecule has 1 amide bonds. The number of carbonyl (C=O) groups excluding carboxylic acids is 3. The van der Waals surface area contributed by atoms with Crippen molar-refractivity contribution in [1.29, 1.82) is 0 Å². The summed E-state index contributed by atoms with van der Waals surface area (Å²) in [6.45, 7) is -0.847. The van der Waals surface area contributed by atoms with E-state index in [1.54, 1.807) is 36.4 Å². The number of methoxy groups -OCH3 is 2. The summed E-state index contributed by atoms with van der Waals surface area (Å²) in [4.78, 5) is 48.1. The molecule has 2 aromatic rings. The standard InChI is InChI=1S/C22H23NO9/c1-29-17-9-6-10-18(30-2)20(17)21(27)31-13-16(24)15(11-19(25)26)23-22(28)32-12-14-7-4-3-5-8-14/h3-10,15H,11-13H2,1-2H3,(H,23,28)(H,25,26)/t15-/m0/s1. The second kappa shape index (κ2) is 11.9. The maximum absolute atomic E-state index is 12.5. The van der Waals surface area contributed by atoms with E-state index in [1.807, 2.05) is 0 Å². The average molecular weight is 445 g/mol. The van der Waals surface area contributed by atoms with Crippen LogP contribution < -0.4 is 14.8 Å². The number of benzene rings is 2. The normalized spacial score (nSPS) is 11.1. The fourth-order valence-corrected chi connectivity index (χ4v) is 2.69. The molecule has 0 heterocycles. The molecule has 1 atom stereocenters. The van der Waals surface area contributed by atoms with Crippen LogP contribution in [0.2, 0.25) is 0 Å². The van der Waals surface area contributed by atoms with Gasteiger partial charge >= 0.3 is 18.0 Å². The van der Waals surface area contributed by atoms with Crippen molar-refractivity contribution >= 4 is 23.8 Å². The third-order valence-corrected chi connectivity index (χ3v) is 4.25. The monoisotopic (exact) mass is 445 g/mol. The number of carboxylic acid groups (broad SMARTS) is 1. The fourth-order valence-electron chi connectivity index (χ4n) is 2.69. The Labute approximate surface area is 184 Å². The number of Topliss-reactive ketones (excluding diaryl/α,β-unsaturated/α-hetero) is 1. The van der Waals surface area contributed by atoms with E-state index in [1.165, 1.54) is 26.4 Å². The summed E-state index contributed by atoms with van der Waals surface area (Å²) in [5, 5.41) is 11.3. The number of carbonyl (C=O) groups is 4. The van der Waals surface area contributed by atoms with Gasteiger partial charge in [-0.3, -0.25) is 9.59 Å². The van der Waals surface area contributed by atoms with Crippen LogP contribution in [-0.2, 0) is 25.7 Å². The van der Waals surface area contributed by atoms with Gasteiger partial charge in [0, 0.05) is 0 Å². The first-order valence-electron chi connectivity index (χ1n) is 9.45. The van der Waals surface area contributed by atoms with Gasteiger partial charge in [-0.15, -0.1) is 0 Å². The number of esters is 1. The number of nitrogens with one attached hydrogen (secondary N) is 1. The molecule has 0 saturated carbocycles. The highest BCUT2D eigenvalue weighted by Crippen LogP contribution is 2.28. The number of aliphatic carboxylic acids is 1. The Kier molecular flexibility index (Phi) is 9.03. The molecule has 0 spiro atoms. The summed E-state index contributed by atoms with van der Waals surface area (Å²) in [7, 11) is 2.70. The number of hydrogen-bond acceptors (Lipinski definition) is 8. The van der Waals surface area contributed by atoms with Crippen LogP contribution in [-0.4, -0.2) is 55.8 Å². The van der Waals surface area contributed by atoms with Crippen LogP contribution in [0.15, 0.2) is 48.5 Å². The van der Waals surface area contributed by atoms with Crippen LogP contribution in [0, 0.1) is 0 Å². The Morgan fingerprint density at radius 2 is 1.53 bits per heavy atom. The lowest BCUT2D eigenvalue weighted by molar-refractivity contribution is -0.139. The van der Waals surface area contributed by atoms with E-state index in [2.05, 4.69) is 5.32 Å². The maximum Gasteiger partial charge on any atom is 0.408 e. The maximum atomic E-state index is 12.5. The molecule has 0 aliphatic heterocycles. The Balaban J connectivity index is 1.99. The lowest BCUT2D eigenvalue weighted by atomic mass is 10.1. The fraction of sp³-hybridized carbons (Fsp3) is 0.273. The van der Waals surface area contributed by atoms with Gasteiger partial charge < -0.3 is 29.4 Å². The molecule has 0 fully saturated rings. The predicted octanol–water partition coefficient (Wildman–Crippen LogP) is 2.20. The van der Waals surface area contributed by atoms with Crippen LogP contribution in [0.25, 0.3) is 0 Å². The third-order valence-electron chi connectivity index (χ3n) is 4.25. The van der Waals surface area contributed by atoms with Crippen LogP contribution in [0.4, 0.5) is 4.79 Å². The summed E-state index contributed by atoms with van der Waals surface area (Å²) < 4.78 is 20.3. The van der Waals surface area contributed by atoms with Gasteiger partial charge in [0.15, 0.2) is 12.4 Å². The SMILES string of the molecule is COc1cccc(OC)c1C(=O)OCC(=O)[C@H](CC(=O)O)NC(=O)OCc1ccccc1. The van der Waals surface area contributed by atoms with Gasteiger partial charge in [0.25, 0.3) is 0 Å². The van der Waals surface area contributed by atoms with Crippen molar-refractivity contribution in [3.63, 3.8) is 0 Å². The average Bonchev–Trinajstić information content (AvgIpc) is 2.80. The number of rotatable bonds is 11. The first kappa shape index (κ1) is 24.2. The summed E-state index contributed by atoms with van der Waals surface area (Å²) in [6, 6.07) is 12.0. The Bertz CT molecular complexity index is 937. The van der Waals surface area contributed by atoms with Gasteiger partial charge in [0.1, 0.15) is 29.7 Å². The zero-order chi connectivity index (χ0) is 23.5. The van der Waals surface area contributed by atoms with E-state index in [-0.39, 0.29) is 23.7 Å². The zero-order valence-corrected chi connectivity index (χ0v) is 17.5. The molecule has 0 bridgehead atoms. The van der Waals surface area contributed by atoms with Gasteiger partial charge in [-0.25, -0.2) is 9.59 Å². The van der Waals surface area contributed by atoms with Crippen molar-refractivity contribution in [2.24, 2.45) is 0 Å². The summed E-state index contributed by atoms with van der Waals surface area (Å²) in [5.74, 6) is -2.72. The number of ketones is 1. The van der Waals surface area contributed by atoms with E-state index in [0.717, 1.165) is 0 Å². The molecular weight excluding hydrogens is 422 g/mol. The molecule has 0 radical (unpaired) electrons. The second-order valence-electron chi connectivity index (χ2n) is 6.44. The first-order chi connectivity index (χ1) is 15.3. The molecule has 0 unspecified atom stereocenters. The van der Waals surface area contributed by atoms with Crippen molar-refractivity contribution < 1.29 is 43.2 Å². The molecule has 0 aliphatic carbocycles. The molecule has 2 rings (SSSR count). The Hall–Kier alpha value is -4.08. The number of carboxylic acids is 1. The molecule has 10 nitrogen and oxygen atoms in total. The predicted molar refractivity (Wildman–Crippen MR) is 111 cm³/mol. The lowest BCUT2D eigenvalue weighted by Crippen LogP contribution is -2.44. The number of amides is 1. The van der Waals surface area contributed by atoms with Crippen molar-refractivity contribution in [2.45, 2.75) is 19.1 Å². The van der Waals surface area contributed by atoms with E-state index in [0.29, 0.717) is 5.56 Å². The zero-order valence-electron chi connectivity index (χ0n) is 17.5. The highest BCUT2D eigenvalue weighted by molar-refractivity contribution is 5.98. The van der Waals surface area contributed by atoms with Crippen LogP contribution in [0.5, 0.6) is 11.5 Å². The van der Waals surface area contributed by atoms with Gasteiger partial charge in [0.05, 0.1) is 20.6 Å². The largest absolute Gasteiger partial charge is 0.496 e. The molecule has 0 aromatic heterocycles. The molecule has 10 heteroatoms. The molecule has 0 aliphatic rings. The minimum Gasteiger partial charge on any atom is -0.496 e. The number of alkyl carbamates (subject to hydrolysis) is 1. The minimum atomic E-state index is -1.46. The number of hydrogen-bond donors (Lipinski definition) is 2. The summed E-state index contributed by atoms with van der Waals surface area (Å²) in [6.07, 6.45) is -1.69. The van der Waals surface area contributed by atoms with Crippen molar-refractivity contribution in [3.05, 3.63) is 59.7 Å².